The number of benzene rings is 1. The van der Waals surface area contributed by atoms with Crippen molar-refractivity contribution in [3.63, 3.8) is 0 Å². The summed E-state index contributed by atoms with van der Waals surface area (Å²) in [7, 11) is 1.57. The Balaban J connectivity index is 1.94. The monoisotopic (exact) mass is 373 g/mol. The topological polar surface area (TPSA) is 66.8 Å². The van der Waals surface area contributed by atoms with Gasteiger partial charge in [0.1, 0.15) is 11.5 Å². The second-order valence-corrected chi connectivity index (χ2v) is 6.72. The maximum Gasteiger partial charge on any atom is 0.347 e. The molecule has 0 aliphatic heterocycles. The zero-order valence-corrected chi connectivity index (χ0v) is 16.7. The number of Topliss-reactive ketones (excluding diaryl/α,β-unsaturated/α-hetero) is 1. The number of carbonyl (C=O) groups is 2. The Morgan fingerprint density at radius 3 is 2.15 bits per heavy atom. The van der Waals surface area contributed by atoms with E-state index in [-0.39, 0.29) is 18.4 Å². The highest BCUT2D eigenvalue weighted by Crippen LogP contribution is 2.21. The molecule has 27 heavy (non-hydrogen) atoms. The van der Waals surface area contributed by atoms with Crippen molar-refractivity contribution in [1.82, 2.24) is 4.57 Å². The molecule has 0 spiro atoms. The summed E-state index contributed by atoms with van der Waals surface area (Å²) in [6.45, 7) is 9.26. The van der Waals surface area contributed by atoms with Crippen molar-refractivity contribution >= 4 is 11.8 Å². The highest BCUT2D eigenvalue weighted by atomic mass is 16.6. The van der Waals surface area contributed by atoms with E-state index in [0.717, 1.165) is 11.4 Å². The largest absolute Gasteiger partial charge is 0.497 e. The Labute approximate surface area is 160 Å². The summed E-state index contributed by atoms with van der Waals surface area (Å²) in [4.78, 5) is 24.6. The molecule has 2 rings (SSSR count). The van der Waals surface area contributed by atoms with E-state index in [1.807, 2.05) is 19.9 Å². The van der Waals surface area contributed by atoms with Gasteiger partial charge in [0.25, 0.3) is 0 Å². The molecule has 1 heterocycles. The zero-order chi connectivity index (χ0) is 20.1. The second kappa shape index (κ2) is 8.75. The highest BCUT2D eigenvalue weighted by molar-refractivity contribution is 5.99. The number of hydrogen-bond acceptors (Lipinski definition) is 5. The summed E-state index contributed by atoms with van der Waals surface area (Å²) in [5.41, 5.74) is 2.47. The molecule has 0 N–H and O–H groups in total. The predicted molar refractivity (Wildman–Crippen MR) is 103 cm³/mol. The quantitative estimate of drug-likeness (QED) is 0.519. The van der Waals surface area contributed by atoms with Gasteiger partial charge in [0.15, 0.2) is 12.7 Å². The van der Waals surface area contributed by atoms with Gasteiger partial charge in [0, 0.05) is 23.0 Å². The molecular weight excluding hydrogens is 346 g/mol. The Morgan fingerprint density at radius 1 is 1.04 bits per heavy atom. The lowest BCUT2D eigenvalue weighted by molar-refractivity contribution is -0.149. The van der Waals surface area contributed by atoms with E-state index in [1.165, 1.54) is 0 Å². The first-order valence-corrected chi connectivity index (χ1v) is 8.93. The normalized spacial score (nSPS) is 12.0. The Morgan fingerprint density at radius 2 is 1.63 bits per heavy atom. The fraction of sp³-hybridized carbons (Fsp3) is 0.429. The van der Waals surface area contributed by atoms with E-state index < -0.39 is 12.1 Å². The molecule has 0 saturated heterocycles. The number of esters is 1. The molecule has 146 valence electrons. The van der Waals surface area contributed by atoms with Crippen LogP contribution >= 0.6 is 0 Å². The van der Waals surface area contributed by atoms with Crippen molar-refractivity contribution in [3.8, 4) is 11.5 Å². The third-order valence-electron chi connectivity index (χ3n) is 4.35. The minimum absolute atomic E-state index is 0.222. The van der Waals surface area contributed by atoms with Crippen LogP contribution in [0.15, 0.2) is 30.3 Å². The minimum Gasteiger partial charge on any atom is -0.497 e. The molecule has 6 nitrogen and oxygen atoms in total. The van der Waals surface area contributed by atoms with Crippen molar-refractivity contribution in [2.24, 2.45) is 0 Å². The molecule has 1 aromatic heterocycles. The van der Waals surface area contributed by atoms with Crippen LogP contribution in [0.2, 0.25) is 0 Å². The number of rotatable bonds is 8. The summed E-state index contributed by atoms with van der Waals surface area (Å²) in [6, 6.07) is 8.97. The molecule has 0 amide bonds. The van der Waals surface area contributed by atoms with Crippen LogP contribution in [0.1, 0.15) is 48.6 Å². The molecule has 1 atom stereocenters. The predicted octanol–water partition coefficient (Wildman–Crippen LogP) is 3.89. The van der Waals surface area contributed by atoms with Crippen LogP contribution in [-0.2, 0) is 9.53 Å². The molecule has 1 unspecified atom stereocenters. The molecule has 0 aliphatic carbocycles. The van der Waals surface area contributed by atoms with Gasteiger partial charge in [0.05, 0.1) is 7.11 Å². The third kappa shape index (κ3) is 4.90. The third-order valence-corrected chi connectivity index (χ3v) is 4.35. The number of ketones is 1. The summed E-state index contributed by atoms with van der Waals surface area (Å²) >= 11 is 0. The van der Waals surface area contributed by atoms with Crippen LogP contribution < -0.4 is 9.47 Å². The van der Waals surface area contributed by atoms with Crippen LogP contribution in [-0.4, -0.2) is 36.1 Å². The molecule has 0 fully saturated rings. The number of ether oxygens (including phenoxy) is 3. The van der Waals surface area contributed by atoms with E-state index in [9.17, 15) is 9.59 Å². The van der Waals surface area contributed by atoms with Crippen LogP contribution in [0.4, 0.5) is 0 Å². The first-order chi connectivity index (χ1) is 12.7. The van der Waals surface area contributed by atoms with Gasteiger partial charge >= 0.3 is 5.97 Å². The molecule has 2 aromatic rings. The zero-order valence-electron chi connectivity index (χ0n) is 16.7. The summed E-state index contributed by atoms with van der Waals surface area (Å²) in [5.74, 6) is 0.408. The van der Waals surface area contributed by atoms with E-state index in [4.69, 9.17) is 14.2 Å². The summed E-state index contributed by atoms with van der Waals surface area (Å²) in [6.07, 6.45) is -0.825. The van der Waals surface area contributed by atoms with E-state index in [2.05, 4.69) is 18.4 Å². The van der Waals surface area contributed by atoms with E-state index >= 15 is 0 Å². The highest BCUT2D eigenvalue weighted by Gasteiger charge is 2.21. The van der Waals surface area contributed by atoms with Crippen molar-refractivity contribution in [3.05, 3.63) is 47.3 Å². The number of aromatic nitrogens is 1. The van der Waals surface area contributed by atoms with Crippen LogP contribution in [0.5, 0.6) is 11.5 Å². The Kier molecular flexibility index (Phi) is 6.66. The lowest BCUT2D eigenvalue weighted by atomic mass is 10.1. The smallest absolute Gasteiger partial charge is 0.347 e. The van der Waals surface area contributed by atoms with Crippen molar-refractivity contribution < 1.29 is 23.8 Å². The Bertz CT molecular complexity index is 805. The number of hydrogen-bond donors (Lipinski definition) is 0. The van der Waals surface area contributed by atoms with Crippen LogP contribution in [0.3, 0.4) is 0 Å². The maximum atomic E-state index is 12.5. The second-order valence-electron chi connectivity index (χ2n) is 6.72. The van der Waals surface area contributed by atoms with E-state index in [0.29, 0.717) is 17.1 Å². The van der Waals surface area contributed by atoms with Gasteiger partial charge in [-0.15, -0.1) is 0 Å². The van der Waals surface area contributed by atoms with E-state index in [1.54, 1.807) is 38.3 Å². The maximum absolute atomic E-state index is 12.5. The molecule has 0 bridgehead atoms. The lowest BCUT2D eigenvalue weighted by Crippen LogP contribution is -2.28. The number of nitrogens with zero attached hydrogens (tertiary/aromatic N) is 1. The first kappa shape index (κ1) is 20.6. The SMILES string of the molecule is COc1ccc(OC(C)C(=O)OCC(=O)c2cc(C)n(C(C)C)c2C)cc1. The lowest BCUT2D eigenvalue weighted by Gasteiger charge is -2.15. The number of methoxy groups -OCH3 is 1. The molecule has 0 saturated carbocycles. The van der Waals surface area contributed by atoms with Crippen LogP contribution in [0, 0.1) is 13.8 Å². The first-order valence-electron chi connectivity index (χ1n) is 8.93. The molecule has 0 aliphatic rings. The van der Waals surface area contributed by atoms with Gasteiger partial charge in [-0.05, 0) is 65.0 Å². The van der Waals surface area contributed by atoms with Crippen molar-refractivity contribution in [2.75, 3.05) is 13.7 Å². The summed E-state index contributed by atoms with van der Waals surface area (Å²) in [5, 5.41) is 0. The van der Waals surface area contributed by atoms with Crippen molar-refractivity contribution in [1.29, 1.82) is 0 Å². The van der Waals surface area contributed by atoms with Gasteiger partial charge in [-0.3, -0.25) is 4.79 Å². The summed E-state index contributed by atoms with van der Waals surface area (Å²) < 4.78 is 17.9. The van der Waals surface area contributed by atoms with Crippen molar-refractivity contribution in [2.45, 2.75) is 46.8 Å². The average molecular weight is 373 g/mol. The average Bonchev–Trinajstić information content (AvgIpc) is 2.94. The molecule has 1 aromatic carbocycles. The van der Waals surface area contributed by atoms with Crippen LogP contribution in [0.25, 0.3) is 0 Å². The minimum atomic E-state index is -0.825. The fourth-order valence-corrected chi connectivity index (χ4v) is 3.09. The fourth-order valence-electron chi connectivity index (χ4n) is 3.09. The van der Waals surface area contributed by atoms with Gasteiger partial charge in [-0.1, -0.05) is 0 Å². The van der Waals surface area contributed by atoms with Gasteiger partial charge < -0.3 is 18.8 Å². The molecule has 0 radical (unpaired) electrons. The number of carbonyl (C=O) groups excluding carboxylic acids is 2. The molecule has 6 heteroatoms. The van der Waals surface area contributed by atoms with Gasteiger partial charge in [0.2, 0.25) is 5.78 Å². The van der Waals surface area contributed by atoms with Gasteiger partial charge in [-0.2, -0.15) is 0 Å². The van der Waals surface area contributed by atoms with Gasteiger partial charge in [-0.25, -0.2) is 4.79 Å². The molecular formula is C21H27NO5. The standard InChI is InChI=1S/C21H27NO5/c1-13(2)22-14(3)11-19(15(22)4)20(23)12-26-21(24)16(5)27-18-9-7-17(25-6)8-10-18/h7-11,13,16H,12H2,1-6H3. The Hall–Kier alpha value is -2.76. The number of aryl methyl sites for hydroxylation is 1.